The molecule has 0 unspecified atom stereocenters. The predicted molar refractivity (Wildman–Crippen MR) is 93.1 cm³/mol. The van der Waals surface area contributed by atoms with E-state index in [1.54, 1.807) is 0 Å². The van der Waals surface area contributed by atoms with Gasteiger partial charge in [0, 0.05) is 16.4 Å². The van der Waals surface area contributed by atoms with Crippen LogP contribution < -0.4 is 5.32 Å². The van der Waals surface area contributed by atoms with E-state index in [0.29, 0.717) is 6.54 Å². The number of benzene rings is 1. The minimum Gasteiger partial charge on any atom is -0.444 e. The molecule has 2 rings (SSSR count). The van der Waals surface area contributed by atoms with Gasteiger partial charge in [0.25, 0.3) is 0 Å². The summed E-state index contributed by atoms with van der Waals surface area (Å²) in [7, 11) is 0. The first kappa shape index (κ1) is 17.3. The minimum atomic E-state index is -0.461. The number of nitrogens with one attached hydrogen (secondary N) is 1. The zero-order valence-corrected chi connectivity index (χ0v) is 15.3. The lowest BCUT2D eigenvalue weighted by Gasteiger charge is -2.38. The molecule has 1 fully saturated rings. The van der Waals surface area contributed by atoms with Crippen LogP contribution in [0.5, 0.6) is 0 Å². The van der Waals surface area contributed by atoms with Gasteiger partial charge >= 0.3 is 6.09 Å². The number of alkyl carbamates (subject to hydrolysis) is 1. The average molecular weight is 368 g/mol. The molecule has 122 valence electrons. The molecule has 1 aromatic carbocycles. The molecule has 0 atom stereocenters. The smallest absolute Gasteiger partial charge is 0.407 e. The molecule has 4 heteroatoms. The van der Waals surface area contributed by atoms with Gasteiger partial charge in [-0.1, -0.05) is 53.4 Å². The second-order valence-corrected chi connectivity index (χ2v) is 8.03. The van der Waals surface area contributed by atoms with Crippen molar-refractivity contribution in [2.75, 3.05) is 6.54 Å². The van der Waals surface area contributed by atoms with E-state index < -0.39 is 5.60 Å². The number of hydrogen-bond acceptors (Lipinski definition) is 2. The molecule has 1 amide bonds. The Morgan fingerprint density at radius 3 is 2.45 bits per heavy atom. The van der Waals surface area contributed by atoms with Crippen LogP contribution in [0.2, 0.25) is 0 Å². The summed E-state index contributed by atoms with van der Waals surface area (Å²) in [4.78, 5) is 12.0. The van der Waals surface area contributed by atoms with E-state index in [1.165, 1.54) is 24.8 Å². The van der Waals surface area contributed by atoms with E-state index in [9.17, 15) is 4.79 Å². The van der Waals surface area contributed by atoms with Crippen molar-refractivity contribution in [1.82, 2.24) is 5.32 Å². The lowest BCUT2D eigenvalue weighted by molar-refractivity contribution is 0.0507. The van der Waals surface area contributed by atoms with Crippen molar-refractivity contribution in [1.29, 1.82) is 0 Å². The summed E-state index contributed by atoms with van der Waals surface area (Å²) in [5, 5.41) is 2.99. The standard InChI is InChI=1S/C18H26BrNO2/c1-17(2,3)22-16(21)20-13-18(11-7-4-8-12-18)14-9-5-6-10-15(14)19/h5-6,9-10H,4,7-8,11-13H2,1-3H3,(H,20,21). The second-order valence-electron chi connectivity index (χ2n) is 7.18. The van der Waals surface area contributed by atoms with Gasteiger partial charge in [-0.2, -0.15) is 0 Å². The molecule has 0 radical (unpaired) electrons. The van der Waals surface area contributed by atoms with E-state index >= 15 is 0 Å². The first-order valence-corrected chi connectivity index (χ1v) is 8.84. The summed E-state index contributed by atoms with van der Waals surface area (Å²) in [5.41, 5.74) is 0.845. The number of hydrogen-bond donors (Lipinski definition) is 1. The molecule has 0 spiro atoms. The Bertz CT molecular complexity index is 516. The number of carbonyl (C=O) groups is 1. The Hall–Kier alpha value is -1.03. The van der Waals surface area contributed by atoms with Crippen LogP contribution >= 0.6 is 15.9 Å². The van der Waals surface area contributed by atoms with Crippen LogP contribution in [0.4, 0.5) is 4.79 Å². The van der Waals surface area contributed by atoms with E-state index in [1.807, 2.05) is 26.8 Å². The number of ether oxygens (including phenoxy) is 1. The molecular weight excluding hydrogens is 342 g/mol. The molecule has 1 N–H and O–H groups in total. The highest BCUT2D eigenvalue weighted by Crippen LogP contribution is 2.41. The normalized spacial score (nSPS) is 17.8. The van der Waals surface area contributed by atoms with E-state index in [4.69, 9.17) is 4.74 Å². The molecule has 0 aromatic heterocycles. The Labute approximate surface area is 141 Å². The van der Waals surface area contributed by atoms with Crippen molar-refractivity contribution in [2.24, 2.45) is 0 Å². The Morgan fingerprint density at radius 1 is 1.23 bits per heavy atom. The summed E-state index contributed by atoms with van der Waals surface area (Å²) < 4.78 is 6.51. The van der Waals surface area contributed by atoms with Gasteiger partial charge in [-0.15, -0.1) is 0 Å². The SMILES string of the molecule is CC(C)(C)OC(=O)NCC1(c2ccccc2Br)CCCCC1. The molecule has 1 saturated carbocycles. The first-order valence-electron chi connectivity index (χ1n) is 8.04. The van der Waals surface area contributed by atoms with Crippen molar-refractivity contribution < 1.29 is 9.53 Å². The molecule has 0 aliphatic heterocycles. The van der Waals surface area contributed by atoms with Crippen molar-refractivity contribution in [3.63, 3.8) is 0 Å². The highest BCUT2D eigenvalue weighted by atomic mass is 79.9. The zero-order chi connectivity index (χ0) is 16.2. The predicted octanol–water partition coefficient (Wildman–Crippen LogP) is 5.18. The summed E-state index contributed by atoms with van der Waals surface area (Å²) in [6, 6.07) is 8.36. The molecule has 1 aliphatic carbocycles. The van der Waals surface area contributed by atoms with E-state index in [0.717, 1.165) is 17.3 Å². The molecule has 1 aromatic rings. The Balaban J connectivity index is 2.13. The fraction of sp³-hybridized carbons (Fsp3) is 0.611. The summed E-state index contributed by atoms with van der Waals surface area (Å²) in [5.74, 6) is 0. The summed E-state index contributed by atoms with van der Waals surface area (Å²) >= 11 is 3.68. The number of halogens is 1. The molecule has 1 aliphatic rings. The first-order chi connectivity index (χ1) is 10.3. The van der Waals surface area contributed by atoms with Crippen molar-refractivity contribution in [3.05, 3.63) is 34.3 Å². The molecule has 0 bridgehead atoms. The quantitative estimate of drug-likeness (QED) is 0.799. The molecule has 0 saturated heterocycles. The highest BCUT2D eigenvalue weighted by molar-refractivity contribution is 9.10. The van der Waals surface area contributed by atoms with Crippen LogP contribution in [0, 0.1) is 0 Å². The maximum Gasteiger partial charge on any atom is 0.407 e. The Morgan fingerprint density at radius 2 is 1.86 bits per heavy atom. The van der Waals surface area contributed by atoms with Gasteiger partial charge in [0.05, 0.1) is 0 Å². The second kappa shape index (κ2) is 7.03. The third kappa shape index (κ3) is 4.48. The fourth-order valence-electron chi connectivity index (χ4n) is 3.22. The third-order valence-corrected chi connectivity index (χ3v) is 4.92. The monoisotopic (exact) mass is 367 g/mol. The van der Waals surface area contributed by atoms with Crippen LogP contribution in [-0.4, -0.2) is 18.2 Å². The Kier molecular flexibility index (Phi) is 5.54. The fourth-order valence-corrected chi connectivity index (χ4v) is 3.92. The van der Waals surface area contributed by atoms with Crippen LogP contribution in [0.25, 0.3) is 0 Å². The molecule has 3 nitrogen and oxygen atoms in total. The lowest BCUT2D eigenvalue weighted by Crippen LogP contribution is -2.44. The van der Waals surface area contributed by atoms with Crippen molar-refractivity contribution >= 4 is 22.0 Å². The molecule has 22 heavy (non-hydrogen) atoms. The zero-order valence-electron chi connectivity index (χ0n) is 13.7. The third-order valence-electron chi connectivity index (χ3n) is 4.23. The largest absolute Gasteiger partial charge is 0.444 e. The minimum absolute atomic E-state index is 0.00917. The maximum atomic E-state index is 12.0. The average Bonchev–Trinajstić information content (AvgIpc) is 2.45. The van der Waals surface area contributed by atoms with E-state index in [-0.39, 0.29) is 11.5 Å². The number of carbonyl (C=O) groups excluding carboxylic acids is 1. The van der Waals surface area contributed by atoms with Crippen LogP contribution in [0.15, 0.2) is 28.7 Å². The summed E-state index contributed by atoms with van der Waals surface area (Å²) in [6.45, 7) is 6.29. The van der Waals surface area contributed by atoms with Gasteiger partial charge in [-0.25, -0.2) is 4.79 Å². The van der Waals surface area contributed by atoms with Gasteiger partial charge in [-0.3, -0.25) is 0 Å². The van der Waals surface area contributed by atoms with Crippen molar-refractivity contribution in [2.45, 2.75) is 63.9 Å². The summed E-state index contributed by atoms with van der Waals surface area (Å²) in [6.07, 6.45) is 5.56. The van der Waals surface area contributed by atoms with Gasteiger partial charge < -0.3 is 10.1 Å². The van der Waals surface area contributed by atoms with Gasteiger partial charge in [0.1, 0.15) is 5.60 Å². The number of amides is 1. The van der Waals surface area contributed by atoms with Crippen LogP contribution in [0.3, 0.4) is 0 Å². The molecular formula is C18H26BrNO2. The maximum absolute atomic E-state index is 12.0. The lowest BCUT2D eigenvalue weighted by atomic mass is 9.69. The van der Waals surface area contributed by atoms with Gasteiger partial charge in [0.15, 0.2) is 0 Å². The van der Waals surface area contributed by atoms with Crippen LogP contribution in [-0.2, 0) is 10.2 Å². The van der Waals surface area contributed by atoms with Gasteiger partial charge in [-0.05, 0) is 45.2 Å². The van der Waals surface area contributed by atoms with Crippen molar-refractivity contribution in [3.8, 4) is 0 Å². The number of rotatable bonds is 3. The molecule has 0 heterocycles. The van der Waals surface area contributed by atoms with Crippen LogP contribution in [0.1, 0.15) is 58.4 Å². The topological polar surface area (TPSA) is 38.3 Å². The van der Waals surface area contributed by atoms with Gasteiger partial charge in [0.2, 0.25) is 0 Å². The highest BCUT2D eigenvalue weighted by Gasteiger charge is 2.36. The van der Waals surface area contributed by atoms with E-state index in [2.05, 4.69) is 39.4 Å².